The van der Waals surface area contributed by atoms with E-state index in [0.717, 1.165) is 24.2 Å². The predicted octanol–water partition coefficient (Wildman–Crippen LogP) is 3.06. The molecule has 0 aliphatic carbocycles. The highest BCUT2D eigenvalue weighted by molar-refractivity contribution is 7.11. The van der Waals surface area contributed by atoms with Crippen LogP contribution >= 0.6 is 11.3 Å². The fourth-order valence-electron chi connectivity index (χ4n) is 2.59. The molecule has 0 spiro atoms. The van der Waals surface area contributed by atoms with Gasteiger partial charge in [-0.05, 0) is 19.4 Å². The van der Waals surface area contributed by atoms with Crippen molar-refractivity contribution in [1.82, 2.24) is 9.47 Å². The third-order valence-corrected chi connectivity index (χ3v) is 5.16. The third-order valence-electron chi connectivity index (χ3n) is 4.09. The van der Waals surface area contributed by atoms with Crippen LogP contribution in [0.1, 0.15) is 47.6 Å². The number of benzene rings is 1. The highest BCUT2D eigenvalue weighted by atomic mass is 32.1. The van der Waals surface area contributed by atoms with Crippen LogP contribution in [0.4, 0.5) is 0 Å². The van der Waals surface area contributed by atoms with Gasteiger partial charge >= 0.3 is 10.8 Å². The zero-order chi connectivity index (χ0) is 19.3. The maximum absolute atomic E-state index is 12.6. The monoisotopic (exact) mass is 376 g/mol. The van der Waals surface area contributed by atoms with Gasteiger partial charge in [-0.3, -0.25) is 19.0 Å². The number of esters is 1. The van der Waals surface area contributed by atoms with Gasteiger partial charge in [0.15, 0.2) is 0 Å². The molecule has 0 saturated heterocycles. The van der Waals surface area contributed by atoms with Gasteiger partial charge < -0.3 is 9.64 Å². The van der Waals surface area contributed by atoms with Crippen LogP contribution in [0.2, 0.25) is 0 Å². The summed E-state index contributed by atoms with van der Waals surface area (Å²) in [6.07, 6.45) is 1.92. The van der Waals surface area contributed by atoms with Crippen molar-refractivity contribution in [2.24, 2.45) is 0 Å². The van der Waals surface area contributed by atoms with E-state index in [1.807, 2.05) is 6.07 Å². The summed E-state index contributed by atoms with van der Waals surface area (Å²) in [7, 11) is 1.75. The van der Waals surface area contributed by atoms with E-state index in [0.29, 0.717) is 28.4 Å². The van der Waals surface area contributed by atoms with Crippen LogP contribution in [0.3, 0.4) is 0 Å². The Bertz CT molecular complexity index is 853. The van der Waals surface area contributed by atoms with E-state index in [-0.39, 0.29) is 17.3 Å². The van der Waals surface area contributed by atoms with Crippen molar-refractivity contribution in [3.63, 3.8) is 0 Å². The molecule has 1 aromatic heterocycles. The van der Waals surface area contributed by atoms with Crippen molar-refractivity contribution < 1.29 is 14.3 Å². The summed E-state index contributed by atoms with van der Waals surface area (Å²) in [6.45, 7) is 6.08. The molecule has 0 saturated carbocycles. The molecule has 2 aromatic rings. The molecule has 0 aliphatic heterocycles. The van der Waals surface area contributed by atoms with Crippen molar-refractivity contribution in [1.29, 1.82) is 0 Å². The maximum atomic E-state index is 12.6. The minimum absolute atomic E-state index is 0.134. The Morgan fingerprint density at radius 1 is 1.27 bits per heavy atom. The number of para-hydroxylation sites is 1. The van der Waals surface area contributed by atoms with Gasteiger partial charge in [-0.2, -0.15) is 0 Å². The van der Waals surface area contributed by atoms with E-state index in [1.54, 1.807) is 41.6 Å². The summed E-state index contributed by atoms with van der Waals surface area (Å²) in [5.74, 6) is -0.129. The highest BCUT2D eigenvalue weighted by Gasteiger charge is 2.21. The van der Waals surface area contributed by atoms with Gasteiger partial charge in [0, 0.05) is 31.8 Å². The molecule has 0 fully saturated rings. The van der Waals surface area contributed by atoms with E-state index < -0.39 is 5.97 Å². The standard InChI is InChI=1S/C19H24N2O4S/c1-5-6-11-20(4)18(23)17-13(2)21(19(24)26-17)12-15-9-7-8-10-16(15)25-14(3)22/h7-10H,5-6,11-12H2,1-4H3. The molecule has 1 amide bonds. The average Bonchev–Trinajstić information content (AvgIpc) is 2.88. The van der Waals surface area contributed by atoms with Crippen LogP contribution in [-0.4, -0.2) is 34.9 Å². The van der Waals surface area contributed by atoms with Crippen molar-refractivity contribution in [3.05, 3.63) is 50.1 Å². The fourth-order valence-corrected chi connectivity index (χ4v) is 3.57. The number of thiazole rings is 1. The molecule has 2 rings (SSSR count). The molecule has 0 N–H and O–H groups in total. The number of hydrogen-bond donors (Lipinski definition) is 0. The molecular weight excluding hydrogens is 352 g/mol. The van der Waals surface area contributed by atoms with E-state index in [9.17, 15) is 14.4 Å². The lowest BCUT2D eigenvalue weighted by molar-refractivity contribution is -0.131. The first-order chi connectivity index (χ1) is 12.3. The highest BCUT2D eigenvalue weighted by Crippen LogP contribution is 2.22. The largest absolute Gasteiger partial charge is 0.426 e. The molecule has 1 aromatic carbocycles. The van der Waals surface area contributed by atoms with Gasteiger partial charge in [-0.15, -0.1) is 0 Å². The zero-order valence-electron chi connectivity index (χ0n) is 15.6. The number of carbonyl (C=O) groups is 2. The number of aromatic nitrogens is 1. The van der Waals surface area contributed by atoms with Crippen molar-refractivity contribution >= 4 is 23.2 Å². The predicted molar refractivity (Wildman–Crippen MR) is 102 cm³/mol. The molecule has 0 unspecified atom stereocenters. The van der Waals surface area contributed by atoms with Crippen LogP contribution in [0.25, 0.3) is 0 Å². The summed E-state index contributed by atoms with van der Waals surface area (Å²) in [4.78, 5) is 38.2. The van der Waals surface area contributed by atoms with E-state index >= 15 is 0 Å². The molecule has 6 nitrogen and oxygen atoms in total. The Kier molecular flexibility index (Phi) is 6.74. The van der Waals surface area contributed by atoms with Gasteiger partial charge in [0.05, 0.1) is 6.54 Å². The van der Waals surface area contributed by atoms with Gasteiger partial charge in [-0.25, -0.2) is 0 Å². The number of carbonyl (C=O) groups excluding carboxylic acids is 2. The van der Waals surface area contributed by atoms with Gasteiger partial charge in [0.25, 0.3) is 5.91 Å². The molecule has 0 radical (unpaired) electrons. The van der Waals surface area contributed by atoms with E-state index in [1.165, 1.54) is 6.92 Å². The lowest BCUT2D eigenvalue weighted by Gasteiger charge is -2.16. The maximum Gasteiger partial charge on any atom is 0.308 e. The SMILES string of the molecule is CCCCN(C)C(=O)c1sc(=O)n(Cc2ccccc2OC(C)=O)c1C. The second-order valence-corrected chi connectivity index (χ2v) is 7.11. The Hall–Kier alpha value is -2.41. The molecule has 140 valence electrons. The van der Waals surface area contributed by atoms with Crippen LogP contribution in [-0.2, 0) is 11.3 Å². The summed E-state index contributed by atoms with van der Waals surface area (Å²) < 4.78 is 6.76. The summed E-state index contributed by atoms with van der Waals surface area (Å²) in [6, 6.07) is 7.08. The number of hydrogen-bond acceptors (Lipinski definition) is 5. The van der Waals surface area contributed by atoms with Crippen molar-refractivity contribution in [2.75, 3.05) is 13.6 Å². The second-order valence-electron chi connectivity index (χ2n) is 6.15. The molecular formula is C19H24N2O4S. The Balaban J connectivity index is 2.30. The first-order valence-electron chi connectivity index (χ1n) is 8.57. The zero-order valence-corrected chi connectivity index (χ0v) is 16.4. The van der Waals surface area contributed by atoms with E-state index in [2.05, 4.69) is 6.92 Å². The molecule has 0 bridgehead atoms. The second kappa shape index (κ2) is 8.80. The van der Waals surface area contributed by atoms with Crippen molar-refractivity contribution in [3.8, 4) is 5.75 Å². The number of amides is 1. The minimum atomic E-state index is -0.416. The number of rotatable bonds is 7. The normalized spacial score (nSPS) is 10.6. The van der Waals surface area contributed by atoms with Gasteiger partial charge in [0.2, 0.25) is 0 Å². The number of nitrogens with zero attached hydrogens (tertiary/aromatic N) is 2. The van der Waals surface area contributed by atoms with Crippen LogP contribution in [0.5, 0.6) is 5.75 Å². The van der Waals surface area contributed by atoms with Gasteiger partial charge in [0.1, 0.15) is 10.6 Å². The summed E-state index contributed by atoms with van der Waals surface area (Å²) in [5.41, 5.74) is 1.34. The van der Waals surface area contributed by atoms with E-state index in [4.69, 9.17) is 4.74 Å². The first kappa shape index (κ1) is 19.9. The lowest BCUT2D eigenvalue weighted by Crippen LogP contribution is -2.27. The van der Waals surface area contributed by atoms with Crippen LogP contribution in [0.15, 0.2) is 29.1 Å². The molecule has 1 heterocycles. The third kappa shape index (κ3) is 4.60. The Morgan fingerprint density at radius 3 is 2.62 bits per heavy atom. The molecule has 26 heavy (non-hydrogen) atoms. The van der Waals surface area contributed by atoms with Crippen molar-refractivity contribution in [2.45, 2.75) is 40.2 Å². The van der Waals surface area contributed by atoms with Crippen LogP contribution < -0.4 is 9.61 Å². The lowest BCUT2D eigenvalue weighted by atomic mass is 10.2. The number of ether oxygens (including phenoxy) is 1. The first-order valence-corrected chi connectivity index (χ1v) is 9.38. The number of unbranched alkanes of at least 4 members (excludes halogenated alkanes) is 1. The Labute approximate surface area is 157 Å². The fraction of sp³-hybridized carbons (Fsp3) is 0.421. The molecule has 7 heteroatoms. The minimum Gasteiger partial charge on any atom is -0.426 e. The summed E-state index contributed by atoms with van der Waals surface area (Å²) >= 11 is 0.958. The quantitative estimate of drug-likeness (QED) is 0.550. The summed E-state index contributed by atoms with van der Waals surface area (Å²) in [5, 5.41) is 0. The topological polar surface area (TPSA) is 68.6 Å². The van der Waals surface area contributed by atoms with Gasteiger partial charge in [-0.1, -0.05) is 42.9 Å². The molecule has 0 aliphatic rings. The average molecular weight is 376 g/mol. The molecule has 0 atom stereocenters. The Morgan fingerprint density at radius 2 is 1.96 bits per heavy atom. The smallest absolute Gasteiger partial charge is 0.308 e. The van der Waals surface area contributed by atoms with Crippen LogP contribution in [0, 0.1) is 6.92 Å².